The summed E-state index contributed by atoms with van der Waals surface area (Å²) in [5.41, 5.74) is -0.541. The summed E-state index contributed by atoms with van der Waals surface area (Å²) in [5.74, 6) is -1.17. The van der Waals surface area contributed by atoms with Crippen molar-refractivity contribution in [2.24, 2.45) is 0 Å². The monoisotopic (exact) mass is 474 g/mol. The Morgan fingerprint density at radius 3 is 2.17 bits per heavy atom. The van der Waals surface area contributed by atoms with Crippen LogP contribution in [0.3, 0.4) is 0 Å². The van der Waals surface area contributed by atoms with Crippen LogP contribution in [0.25, 0.3) is 0 Å². The third-order valence-corrected chi connectivity index (χ3v) is 6.22. The lowest BCUT2D eigenvalue weighted by Gasteiger charge is -2.43. The van der Waals surface area contributed by atoms with Crippen LogP contribution in [0.2, 0.25) is 0 Å². The first-order valence-electron chi connectivity index (χ1n) is 10.0. The summed E-state index contributed by atoms with van der Waals surface area (Å²) in [4.78, 5) is 26.5. The van der Waals surface area contributed by atoms with E-state index < -0.39 is 22.9 Å². The number of rotatable bonds is 4. The predicted molar refractivity (Wildman–Crippen MR) is 115 cm³/mol. The molecular weight excluding hydrogens is 451 g/mol. The fourth-order valence-electron chi connectivity index (χ4n) is 4.15. The molecule has 0 N–H and O–H groups in total. The van der Waals surface area contributed by atoms with Crippen molar-refractivity contribution in [3.63, 3.8) is 0 Å². The van der Waals surface area contributed by atoms with Crippen molar-refractivity contribution >= 4 is 27.5 Å². The highest BCUT2D eigenvalue weighted by Gasteiger charge is 2.53. The van der Waals surface area contributed by atoms with Gasteiger partial charge in [-0.15, -0.1) is 0 Å². The highest BCUT2D eigenvalue weighted by molar-refractivity contribution is 9.10. The van der Waals surface area contributed by atoms with Gasteiger partial charge < -0.3 is 9.47 Å². The SMILES string of the molecule is CC1(C)OC(C)(C)C(=O)C(c2cc(Oc3ccc(Br)cc3F)ccc2C2CC2)C1=O. The van der Waals surface area contributed by atoms with E-state index in [-0.39, 0.29) is 17.3 Å². The minimum Gasteiger partial charge on any atom is -0.454 e. The van der Waals surface area contributed by atoms with Gasteiger partial charge in [0.05, 0.1) is 0 Å². The number of hydrogen-bond donors (Lipinski definition) is 0. The van der Waals surface area contributed by atoms with Crippen LogP contribution in [0.4, 0.5) is 4.39 Å². The Labute approximate surface area is 183 Å². The van der Waals surface area contributed by atoms with E-state index in [1.54, 1.807) is 45.9 Å². The molecule has 1 aliphatic heterocycles. The second kappa shape index (κ2) is 7.27. The average molecular weight is 475 g/mol. The van der Waals surface area contributed by atoms with Crippen LogP contribution in [-0.4, -0.2) is 22.8 Å². The van der Waals surface area contributed by atoms with Crippen molar-refractivity contribution in [3.05, 3.63) is 57.8 Å². The Kier molecular flexibility index (Phi) is 5.14. The largest absolute Gasteiger partial charge is 0.454 e. The number of halogens is 2. The molecule has 0 bridgehead atoms. The summed E-state index contributed by atoms with van der Waals surface area (Å²) in [6.07, 6.45) is 2.04. The number of carbonyl (C=O) groups excluding carboxylic acids is 2. The molecule has 0 unspecified atom stereocenters. The van der Waals surface area contributed by atoms with Gasteiger partial charge >= 0.3 is 0 Å². The maximum atomic E-state index is 14.3. The van der Waals surface area contributed by atoms with E-state index in [9.17, 15) is 14.0 Å². The van der Waals surface area contributed by atoms with Crippen LogP contribution >= 0.6 is 15.9 Å². The smallest absolute Gasteiger partial charge is 0.179 e. The van der Waals surface area contributed by atoms with E-state index in [2.05, 4.69) is 15.9 Å². The van der Waals surface area contributed by atoms with Crippen molar-refractivity contribution in [3.8, 4) is 11.5 Å². The highest BCUT2D eigenvalue weighted by Crippen LogP contribution is 2.47. The standard InChI is InChI=1S/C24H24BrFO4/c1-23(2)21(27)20(22(28)24(3,4)30-23)17-12-15(8-9-16(17)13-5-6-13)29-19-10-7-14(25)11-18(19)26/h7-13,20H,5-6H2,1-4H3. The molecule has 2 fully saturated rings. The van der Waals surface area contributed by atoms with Crippen LogP contribution in [-0.2, 0) is 14.3 Å². The Morgan fingerprint density at radius 2 is 1.60 bits per heavy atom. The summed E-state index contributed by atoms with van der Waals surface area (Å²) >= 11 is 3.23. The van der Waals surface area contributed by atoms with Crippen LogP contribution in [0.1, 0.15) is 63.5 Å². The van der Waals surface area contributed by atoms with Gasteiger partial charge in [-0.2, -0.15) is 0 Å². The van der Waals surface area contributed by atoms with Gasteiger partial charge in [-0.1, -0.05) is 22.0 Å². The topological polar surface area (TPSA) is 52.6 Å². The molecule has 0 amide bonds. The molecule has 6 heteroatoms. The summed E-state index contributed by atoms with van der Waals surface area (Å²) in [7, 11) is 0. The van der Waals surface area contributed by atoms with Gasteiger partial charge in [0.15, 0.2) is 23.1 Å². The molecule has 1 aliphatic carbocycles. The van der Waals surface area contributed by atoms with Gasteiger partial charge in [0.25, 0.3) is 0 Å². The molecule has 2 aromatic rings. The fourth-order valence-corrected chi connectivity index (χ4v) is 4.49. The van der Waals surface area contributed by atoms with Gasteiger partial charge in [-0.3, -0.25) is 9.59 Å². The molecule has 0 atom stereocenters. The number of ether oxygens (including phenoxy) is 2. The molecular formula is C24H24BrFO4. The summed E-state index contributed by atoms with van der Waals surface area (Å²) in [5, 5.41) is 0. The van der Waals surface area contributed by atoms with E-state index in [0.29, 0.717) is 21.7 Å². The first-order valence-corrected chi connectivity index (χ1v) is 10.8. The van der Waals surface area contributed by atoms with Crippen LogP contribution in [0.15, 0.2) is 40.9 Å². The van der Waals surface area contributed by atoms with E-state index in [4.69, 9.17) is 9.47 Å². The number of hydrogen-bond acceptors (Lipinski definition) is 4. The molecule has 0 aromatic heterocycles. The molecule has 0 radical (unpaired) electrons. The van der Waals surface area contributed by atoms with Crippen LogP contribution in [0, 0.1) is 5.82 Å². The maximum absolute atomic E-state index is 14.3. The van der Waals surface area contributed by atoms with Gasteiger partial charge in [-0.05, 0) is 87.9 Å². The van der Waals surface area contributed by atoms with Gasteiger partial charge in [-0.25, -0.2) is 4.39 Å². The lowest BCUT2D eigenvalue weighted by Crippen LogP contribution is -2.58. The molecule has 4 nitrogen and oxygen atoms in total. The molecule has 1 saturated heterocycles. The van der Waals surface area contributed by atoms with E-state index in [0.717, 1.165) is 18.4 Å². The quantitative estimate of drug-likeness (QED) is 0.504. The Hall–Kier alpha value is -2.05. The number of carbonyl (C=O) groups is 2. The molecule has 2 aliphatic rings. The highest BCUT2D eigenvalue weighted by atomic mass is 79.9. The maximum Gasteiger partial charge on any atom is 0.179 e. The zero-order valence-corrected chi connectivity index (χ0v) is 19.0. The number of benzene rings is 2. The van der Waals surface area contributed by atoms with Gasteiger partial charge in [0.1, 0.15) is 22.9 Å². The van der Waals surface area contributed by atoms with Crippen molar-refractivity contribution in [1.29, 1.82) is 0 Å². The second-order valence-corrected chi connectivity index (χ2v) is 9.94. The number of ketones is 2. The van der Waals surface area contributed by atoms with Gasteiger partial charge in [0, 0.05) is 4.47 Å². The molecule has 2 aromatic carbocycles. The summed E-state index contributed by atoms with van der Waals surface area (Å²) < 4.78 is 26.5. The van der Waals surface area contributed by atoms with Crippen LogP contribution < -0.4 is 4.74 Å². The first kappa shape index (κ1) is 21.2. The zero-order chi connectivity index (χ0) is 21.8. The molecule has 158 valence electrons. The predicted octanol–water partition coefficient (Wildman–Crippen LogP) is 6.07. The summed E-state index contributed by atoms with van der Waals surface area (Å²) in [6, 6.07) is 9.93. The molecule has 1 heterocycles. The molecule has 4 rings (SSSR count). The number of Topliss-reactive ketones (excluding diaryl/α,β-unsaturated/α-hetero) is 2. The van der Waals surface area contributed by atoms with Crippen molar-refractivity contribution in [1.82, 2.24) is 0 Å². The minimum absolute atomic E-state index is 0.0774. The van der Waals surface area contributed by atoms with Crippen molar-refractivity contribution in [2.45, 2.75) is 63.6 Å². The lowest BCUT2D eigenvalue weighted by atomic mass is 9.73. The fraction of sp³-hybridized carbons (Fsp3) is 0.417. The van der Waals surface area contributed by atoms with E-state index >= 15 is 0 Å². The second-order valence-electron chi connectivity index (χ2n) is 9.03. The zero-order valence-electron chi connectivity index (χ0n) is 17.4. The Balaban J connectivity index is 1.78. The van der Waals surface area contributed by atoms with E-state index in [1.807, 2.05) is 6.07 Å². The Morgan fingerprint density at radius 1 is 0.967 bits per heavy atom. The average Bonchev–Trinajstić information content (AvgIpc) is 3.47. The third-order valence-electron chi connectivity index (χ3n) is 5.73. The third kappa shape index (κ3) is 3.83. The van der Waals surface area contributed by atoms with Crippen molar-refractivity contribution in [2.75, 3.05) is 0 Å². The Bertz CT molecular complexity index is 1010. The van der Waals surface area contributed by atoms with Crippen LogP contribution in [0.5, 0.6) is 11.5 Å². The first-order chi connectivity index (χ1) is 14.0. The molecule has 1 saturated carbocycles. The molecule has 0 spiro atoms. The lowest BCUT2D eigenvalue weighted by molar-refractivity contribution is -0.184. The minimum atomic E-state index is -1.09. The van der Waals surface area contributed by atoms with Gasteiger partial charge in [0.2, 0.25) is 0 Å². The van der Waals surface area contributed by atoms with Crippen molar-refractivity contribution < 1.29 is 23.5 Å². The molecule has 30 heavy (non-hydrogen) atoms. The summed E-state index contributed by atoms with van der Waals surface area (Å²) in [6.45, 7) is 6.80. The van der Waals surface area contributed by atoms with E-state index in [1.165, 1.54) is 12.1 Å². The normalized spacial score (nSPS) is 21.0.